The van der Waals surface area contributed by atoms with E-state index < -0.39 is 4.92 Å². The van der Waals surface area contributed by atoms with E-state index >= 15 is 0 Å². The number of para-hydroxylation sites is 1. The zero-order chi connectivity index (χ0) is 19.5. The SMILES string of the molecule is O=C(c1ccc(Nc2ccccc2)c([N+](=O)[O-])c1)N1CCO[C@H]2CCCC[C@@H]21. The lowest BCUT2D eigenvalue weighted by atomic mass is 9.89. The van der Waals surface area contributed by atoms with Gasteiger partial charge in [0.1, 0.15) is 5.69 Å². The molecule has 1 amide bonds. The first-order chi connectivity index (χ1) is 13.6. The summed E-state index contributed by atoms with van der Waals surface area (Å²) in [5.41, 5.74) is 1.35. The fourth-order valence-corrected chi connectivity index (χ4v) is 4.11. The molecule has 2 aromatic carbocycles. The van der Waals surface area contributed by atoms with Crippen molar-refractivity contribution in [2.45, 2.75) is 37.8 Å². The Morgan fingerprint density at radius 3 is 2.71 bits per heavy atom. The molecular weight excluding hydrogens is 358 g/mol. The second kappa shape index (κ2) is 7.98. The number of fused-ring (bicyclic) bond motifs is 1. The predicted octanol–water partition coefficient (Wildman–Crippen LogP) is 4.12. The van der Waals surface area contributed by atoms with Gasteiger partial charge in [0.05, 0.1) is 23.7 Å². The maximum Gasteiger partial charge on any atom is 0.293 e. The summed E-state index contributed by atoms with van der Waals surface area (Å²) in [6.45, 7) is 1.04. The molecule has 0 radical (unpaired) electrons. The zero-order valence-electron chi connectivity index (χ0n) is 15.5. The number of nitrogens with one attached hydrogen (secondary N) is 1. The molecule has 146 valence electrons. The average molecular weight is 381 g/mol. The third kappa shape index (κ3) is 3.71. The van der Waals surface area contributed by atoms with E-state index in [9.17, 15) is 14.9 Å². The molecule has 2 aromatic rings. The van der Waals surface area contributed by atoms with Crippen molar-refractivity contribution >= 4 is 23.0 Å². The predicted molar refractivity (Wildman–Crippen MR) is 106 cm³/mol. The number of rotatable bonds is 4. The Labute approximate surface area is 163 Å². The Morgan fingerprint density at radius 2 is 1.93 bits per heavy atom. The van der Waals surface area contributed by atoms with Crippen molar-refractivity contribution in [2.75, 3.05) is 18.5 Å². The van der Waals surface area contributed by atoms with Gasteiger partial charge in [0, 0.05) is 23.9 Å². The highest BCUT2D eigenvalue weighted by Crippen LogP contribution is 2.32. The topological polar surface area (TPSA) is 84.7 Å². The van der Waals surface area contributed by atoms with Crippen LogP contribution in [0.15, 0.2) is 48.5 Å². The number of anilines is 2. The number of hydrogen-bond acceptors (Lipinski definition) is 5. The Balaban J connectivity index is 1.60. The molecule has 2 atom stereocenters. The van der Waals surface area contributed by atoms with Crippen molar-refractivity contribution in [1.29, 1.82) is 0 Å². The van der Waals surface area contributed by atoms with E-state index in [2.05, 4.69) is 5.32 Å². The Bertz CT molecular complexity index is 869. The number of amides is 1. The van der Waals surface area contributed by atoms with Crippen LogP contribution >= 0.6 is 0 Å². The quantitative estimate of drug-likeness (QED) is 0.636. The molecule has 0 bridgehead atoms. The highest BCUT2D eigenvalue weighted by atomic mass is 16.6. The third-order valence-electron chi connectivity index (χ3n) is 5.49. The van der Waals surface area contributed by atoms with Gasteiger partial charge in [-0.25, -0.2) is 0 Å². The second-order valence-electron chi connectivity index (χ2n) is 7.24. The van der Waals surface area contributed by atoms with E-state index in [-0.39, 0.29) is 23.7 Å². The Kier molecular flexibility index (Phi) is 5.25. The molecule has 0 spiro atoms. The summed E-state index contributed by atoms with van der Waals surface area (Å²) in [5, 5.41) is 14.7. The first kappa shape index (κ1) is 18.4. The molecule has 7 heteroatoms. The molecular formula is C21H23N3O4. The summed E-state index contributed by atoms with van der Waals surface area (Å²) in [6, 6.07) is 14.0. The van der Waals surface area contributed by atoms with Crippen molar-refractivity contribution in [2.24, 2.45) is 0 Å². The van der Waals surface area contributed by atoms with Crippen LogP contribution in [-0.4, -0.2) is 41.0 Å². The molecule has 4 rings (SSSR count). The monoisotopic (exact) mass is 381 g/mol. The van der Waals surface area contributed by atoms with Crippen molar-refractivity contribution < 1.29 is 14.5 Å². The third-order valence-corrected chi connectivity index (χ3v) is 5.49. The van der Waals surface area contributed by atoms with Gasteiger partial charge >= 0.3 is 0 Å². The fourth-order valence-electron chi connectivity index (χ4n) is 4.11. The van der Waals surface area contributed by atoms with Crippen LogP contribution in [0.2, 0.25) is 0 Å². The van der Waals surface area contributed by atoms with Gasteiger partial charge in [0.15, 0.2) is 0 Å². The van der Waals surface area contributed by atoms with Gasteiger partial charge in [-0.05, 0) is 37.1 Å². The molecule has 1 saturated heterocycles. The van der Waals surface area contributed by atoms with Crippen LogP contribution in [0.1, 0.15) is 36.0 Å². The van der Waals surface area contributed by atoms with Crippen LogP contribution < -0.4 is 5.32 Å². The highest BCUT2D eigenvalue weighted by molar-refractivity contribution is 5.96. The van der Waals surface area contributed by atoms with Crippen LogP contribution in [0, 0.1) is 10.1 Å². The van der Waals surface area contributed by atoms with E-state index in [0.717, 1.165) is 31.4 Å². The highest BCUT2D eigenvalue weighted by Gasteiger charge is 2.37. The minimum Gasteiger partial charge on any atom is -0.374 e. The number of hydrogen-bond donors (Lipinski definition) is 1. The number of nitrogens with zero attached hydrogens (tertiary/aromatic N) is 2. The number of benzene rings is 2. The number of morpholine rings is 1. The molecule has 2 fully saturated rings. The van der Waals surface area contributed by atoms with E-state index in [4.69, 9.17) is 4.74 Å². The molecule has 2 aliphatic rings. The molecule has 28 heavy (non-hydrogen) atoms. The van der Waals surface area contributed by atoms with Gasteiger partial charge in [-0.1, -0.05) is 31.0 Å². The minimum absolute atomic E-state index is 0.0659. The molecule has 1 aliphatic carbocycles. The van der Waals surface area contributed by atoms with E-state index in [1.54, 1.807) is 12.1 Å². The lowest BCUT2D eigenvalue weighted by Gasteiger charge is -2.43. The van der Waals surface area contributed by atoms with E-state index in [1.165, 1.54) is 6.07 Å². The van der Waals surface area contributed by atoms with Gasteiger partial charge in [-0.3, -0.25) is 14.9 Å². The Hall–Kier alpha value is -2.93. The smallest absolute Gasteiger partial charge is 0.293 e. The summed E-state index contributed by atoms with van der Waals surface area (Å²) in [5.74, 6) is -0.158. The van der Waals surface area contributed by atoms with Crippen molar-refractivity contribution in [1.82, 2.24) is 4.90 Å². The van der Waals surface area contributed by atoms with Crippen LogP contribution in [0.3, 0.4) is 0 Å². The molecule has 1 aliphatic heterocycles. The van der Waals surface area contributed by atoms with Gasteiger partial charge in [0.25, 0.3) is 11.6 Å². The van der Waals surface area contributed by atoms with Crippen LogP contribution in [0.25, 0.3) is 0 Å². The molecule has 1 heterocycles. The van der Waals surface area contributed by atoms with Gasteiger partial charge in [-0.15, -0.1) is 0 Å². The second-order valence-corrected chi connectivity index (χ2v) is 7.24. The van der Waals surface area contributed by atoms with Gasteiger partial charge in [-0.2, -0.15) is 0 Å². The molecule has 0 aromatic heterocycles. The standard InChI is InChI=1S/C21H23N3O4/c25-21(23-12-13-28-20-9-5-4-8-18(20)23)15-10-11-17(19(14-15)24(26)27)22-16-6-2-1-3-7-16/h1-3,6-7,10-11,14,18,20,22H,4-5,8-9,12-13H2/t18-,20-/m0/s1. The number of carbonyl (C=O) groups is 1. The maximum atomic E-state index is 13.1. The summed E-state index contributed by atoms with van der Waals surface area (Å²) < 4.78 is 5.83. The van der Waals surface area contributed by atoms with Crippen LogP contribution in [-0.2, 0) is 4.74 Å². The number of carbonyl (C=O) groups excluding carboxylic acids is 1. The van der Waals surface area contributed by atoms with Crippen LogP contribution in [0.4, 0.5) is 17.1 Å². The average Bonchev–Trinajstić information content (AvgIpc) is 2.73. The Morgan fingerprint density at radius 1 is 1.14 bits per heavy atom. The maximum absolute atomic E-state index is 13.1. The largest absolute Gasteiger partial charge is 0.374 e. The number of nitro benzene ring substituents is 1. The van der Waals surface area contributed by atoms with Gasteiger partial charge < -0.3 is 15.0 Å². The number of ether oxygens (including phenoxy) is 1. The lowest BCUT2D eigenvalue weighted by Crippen LogP contribution is -2.54. The number of nitro groups is 1. The van der Waals surface area contributed by atoms with Gasteiger partial charge in [0.2, 0.25) is 0 Å². The van der Waals surface area contributed by atoms with E-state index in [0.29, 0.717) is 24.4 Å². The summed E-state index contributed by atoms with van der Waals surface area (Å²) >= 11 is 0. The first-order valence-electron chi connectivity index (χ1n) is 9.66. The van der Waals surface area contributed by atoms with Crippen molar-refractivity contribution in [3.63, 3.8) is 0 Å². The normalized spacial score (nSPS) is 21.6. The molecule has 0 unspecified atom stereocenters. The fraction of sp³-hybridized carbons (Fsp3) is 0.381. The van der Waals surface area contributed by atoms with Crippen molar-refractivity contribution in [3.8, 4) is 0 Å². The van der Waals surface area contributed by atoms with E-state index in [1.807, 2.05) is 35.2 Å². The van der Waals surface area contributed by atoms with Crippen LogP contribution in [0.5, 0.6) is 0 Å². The minimum atomic E-state index is -0.454. The zero-order valence-corrected chi connectivity index (χ0v) is 15.5. The summed E-state index contributed by atoms with van der Waals surface area (Å²) in [7, 11) is 0. The summed E-state index contributed by atoms with van der Waals surface area (Å²) in [4.78, 5) is 26.1. The molecule has 7 nitrogen and oxygen atoms in total. The first-order valence-corrected chi connectivity index (χ1v) is 9.66. The summed E-state index contributed by atoms with van der Waals surface area (Å²) in [6.07, 6.45) is 4.17. The molecule has 1 N–H and O–H groups in total. The van der Waals surface area contributed by atoms with Crippen molar-refractivity contribution in [3.05, 3.63) is 64.2 Å². The lowest BCUT2D eigenvalue weighted by molar-refractivity contribution is -0.383. The molecule has 1 saturated carbocycles.